The molecule has 90 valence electrons. The molecule has 0 aromatic heterocycles. The minimum absolute atomic E-state index is 0.419. The fourth-order valence-electron chi connectivity index (χ4n) is 1.82. The Labute approximate surface area is 99.0 Å². The second-order valence-electron chi connectivity index (χ2n) is 4.08. The number of hydrogen-bond acceptors (Lipinski definition) is 2. The van der Waals surface area contributed by atoms with E-state index in [0.717, 1.165) is 26.2 Å². The SMILES string of the molecule is CCOCCCN[C@H](C)c1ccccc1C. The van der Waals surface area contributed by atoms with E-state index < -0.39 is 0 Å². The van der Waals surface area contributed by atoms with Gasteiger partial charge in [0.15, 0.2) is 0 Å². The van der Waals surface area contributed by atoms with Crippen LogP contribution in [0.15, 0.2) is 24.3 Å². The maximum Gasteiger partial charge on any atom is 0.0477 e. The second-order valence-corrected chi connectivity index (χ2v) is 4.08. The van der Waals surface area contributed by atoms with Crippen LogP contribution in [0.5, 0.6) is 0 Å². The van der Waals surface area contributed by atoms with Gasteiger partial charge in [0.2, 0.25) is 0 Å². The lowest BCUT2D eigenvalue weighted by Crippen LogP contribution is -2.21. The maximum absolute atomic E-state index is 5.30. The molecule has 2 nitrogen and oxygen atoms in total. The lowest BCUT2D eigenvalue weighted by atomic mass is 10.0. The van der Waals surface area contributed by atoms with Crippen LogP contribution in [0, 0.1) is 6.92 Å². The molecule has 0 amide bonds. The standard InChI is InChI=1S/C14H23NO/c1-4-16-11-7-10-15-13(3)14-9-6-5-8-12(14)2/h5-6,8-9,13,15H,4,7,10-11H2,1-3H3/t13-/m1/s1. The molecule has 1 aromatic carbocycles. The fourth-order valence-corrected chi connectivity index (χ4v) is 1.82. The van der Waals surface area contributed by atoms with Crippen LogP contribution in [-0.4, -0.2) is 19.8 Å². The third-order valence-corrected chi connectivity index (χ3v) is 2.78. The lowest BCUT2D eigenvalue weighted by molar-refractivity contribution is 0.144. The van der Waals surface area contributed by atoms with E-state index in [1.54, 1.807) is 0 Å². The van der Waals surface area contributed by atoms with Crippen LogP contribution < -0.4 is 5.32 Å². The van der Waals surface area contributed by atoms with Gasteiger partial charge >= 0.3 is 0 Å². The van der Waals surface area contributed by atoms with Gasteiger partial charge < -0.3 is 10.1 Å². The molecule has 0 fully saturated rings. The molecule has 0 unspecified atom stereocenters. The molecule has 1 aromatic rings. The molecular weight excluding hydrogens is 198 g/mol. The second kappa shape index (κ2) is 7.42. The first-order chi connectivity index (χ1) is 7.75. The highest BCUT2D eigenvalue weighted by atomic mass is 16.5. The molecule has 0 aliphatic heterocycles. The molecule has 0 saturated carbocycles. The highest BCUT2D eigenvalue weighted by Crippen LogP contribution is 2.16. The average Bonchev–Trinajstić information content (AvgIpc) is 2.29. The predicted octanol–water partition coefficient (Wildman–Crippen LogP) is 3.07. The Balaban J connectivity index is 2.30. The summed E-state index contributed by atoms with van der Waals surface area (Å²) in [5, 5.41) is 3.52. The van der Waals surface area contributed by atoms with Crippen molar-refractivity contribution in [3.63, 3.8) is 0 Å². The van der Waals surface area contributed by atoms with Gasteiger partial charge in [-0.1, -0.05) is 24.3 Å². The van der Waals surface area contributed by atoms with Crippen molar-refractivity contribution in [3.8, 4) is 0 Å². The Morgan fingerprint density at radius 1 is 1.31 bits per heavy atom. The van der Waals surface area contributed by atoms with E-state index in [0.29, 0.717) is 6.04 Å². The number of nitrogens with one attached hydrogen (secondary N) is 1. The maximum atomic E-state index is 5.30. The van der Waals surface area contributed by atoms with Gasteiger partial charge in [0, 0.05) is 19.3 Å². The van der Waals surface area contributed by atoms with E-state index in [2.05, 4.69) is 43.4 Å². The Kier molecular flexibility index (Phi) is 6.12. The van der Waals surface area contributed by atoms with Gasteiger partial charge in [-0.2, -0.15) is 0 Å². The summed E-state index contributed by atoms with van der Waals surface area (Å²) in [5.41, 5.74) is 2.74. The van der Waals surface area contributed by atoms with Gasteiger partial charge in [0.25, 0.3) is 0 Å². The summed E-state index contributed by atoms with van der Waals surface area (Å²) in [6.45, 7) is 9.08. The van der Waals surface area contributed by atoms with Crippen molar-refractivity contribution < 1.29 is 4.74 Å². The number of rotatable bonds is 7. The minimum Gasteiger partial charge on any atom is -0.382 e. The molecule has 0 bridgehead atoms. The third-order valence-electron chi connectivity index (χ3n) is 2.78. The zero-order chi connectivity index (χ0) is 11.8. The first-order valence-corrected chi connectivity index (χ1v) is 6.12. The van der Waals surface area contributed by atoms with Gasteiger partial charge in [-0.3, -0.25) is 0 Å². The molecule has 16 heavy (non-hydrogen) atoms. The van der Waals surface area contributed by atoms with Gasteiger partial charge in [0.1, 0.15) is 0 Å². The van der Waals surface area contributed by atoms with Crippen molar-refractivity contribution in [1.29, 1.82) is 0 Å². The first kappa shape index (κ1) is 13.2. The number of aryl methyl sites for hydroxylation is 1. The van der Waals surface area contributed by atoms with Gasteiger partial charge in [-0.15, -0.1) is 0 Å². The Hall–Kier alpha value is -0.860. The summed E-state index contributed by atoms with van der Waals surface area (Å²) in [6, 6.07) is 8.95. The summed E-state index contributed by atoms with van der Waals surface area (Å²) in [6.07, 6.45) is 1.07. The van der Waals surface area contributed by atoms with Gasteiger partial charge in [-0.25, -0.2) is 0 Å². The fraction of sp³-hybridized carbons (Fsp3) is 0.571. The highest BCUT2D eigenvalue weighted by Gasteiger charge is 2.05. The number of ether oxygens (including phenoxy) is 1. The van der Waals surface area contributed by atoms with Gasteiger partial charge in [-0.05, 0) is 44.9 Å². The number of benzene rings is 1. The minimum atomic E-state index is 0.419. The predicted molar refractivity (Wildman–Crippen MR) is 68.7 cm³/mol. The van der Waals surface area contributed by atoms with Crippen LogP contribution in [0.3, 0.4) is 0 Å². The highest BCUT2D eigenvalue weighted by molar-refractivity contribution is 5.28. The third kappa shape index (κ3) is 4.33. The van der Waals surface area contributed by atoms with Crippen LogP contribution in [0.1, 0.15) is 37.4 Å². The van der Waals surface area contributed by atoms with Crippen LogP contribution >= 0.6 is 0 Å². The molecule has 0 aliphatic rings. The van der Waals surface area contributed by atoms with Crippen molar-refractivity contribution in [2.45, 2.75) is 33.2 Å². The quantitative estimate of drug-likeness (QED) is 0.714. The summed E-state index contributed by atoms with van der Waals surface area (Å²) in [5.74, 6) is 0. The zero-order valence-electron chi connectivity index (χ0n) is 10.6. The molecule has 0 spiro atoms. The molecule has 1 rings (SSSR count). The Morgan fingerprint density at radius 3 is 2.75 bits per heavy atom. The molecule has 1 atom stereocenters. The van der Waals surface area contributed by atoms with Crippen LogP contribution in [0.25, 0.3) is 0 Å². The zero-order valence-corrected chi connectivity index (χ0v) is 10.6. The van der Waals surface area contributed by atoms with E-state index in [-0.39, 0.29) is 0 Å². The lowest BCUT2D eigenvalue weighted by Gasteiger charge is -2.16. The van der Waals surface area contributed by atoms with E-state index in [4.69, 9.17) is 4.74 Å². The van der Waals surface area contributed by atoms with Crippen molar-refractivity contribution >= 4 is 0 Å². The van der Waals surface area contributed by atoms with Crippen LogP contribution in [0.2, 0.25) is 0 Å². The van der Waals surface area contributed by atoms with E-state index in [1.807, 2.05) is 6.92 Å². The normalized spacial score (nSPS) is 12.7. The molecular formula is C14H23NO. The van der Waals surface area contributed by atoms with Crippen molar-refractivity contribution in [1.82, 2.24) is 5.32 Å². The molecule has 0 radical (unpaired) electrons. The summed E-state index contributed by atoms with van der Waals surface area (Å²) >= 11 is 0. The largest absolute Gasteiger partial charge is 0.382 e. The van der Waals surface area contributed by atoms with Crippen molar-refractivity contribution in [2.24, 2.45) is 0 Å². The smallest absolute Gasteiger partial charge is 0.0477 e. The monoisotopic (exact) mass is 221 g/mol. The number of hydrogen-bond donors (Lipinski definition) is 1. The van der Waals surface area contributed by atoms with E-state index in [1.165, 1.54) is 11.1 Å². The summed E-state index contributed by atoms with van der Waals surface area (Å²) in [4.78, 5) is 0. The first-order valence-electron chi connectivity index (χ1n) is 6.12. The van der Waals surface area contributed by atoms with Crippen LogP contribution in [0.4, 0.5) is 0 Å². The van der Waals surface area contributed by atoms with Crippen molar-refractivity contribution in [2.75, 3.05) is 19.8 Å². The topological polar surface area (TPSA) is 21.3 Å². The molecule has 0 saturated heterocycles. The molecule has 2 heteroatoms. The van der Waals surface area contributed by atoms with E-state index >= 15 is 0 Å². The summed E-state index contributed by atoms with van der Waals surface area (Å²) in [7, 11) is 0. The van der Waals surface area contributed by atoms with E-state index in [9.17, 15) is 0 Å². The van der Waals surface area contributed by atoms with Gasteiger partial charge in [0.05, 0.1) is 0 Å². The Bertz CT molecular complexity index is 299. The molecule has 0 heterocycles. The average molecular weight is 221 g/mol. The molecule has 1 N–H and O–H groups in total. The van der Waals surface area contributed by atoms with Crippen LogP contribution in [-0.2, 0) is 4.74 Å². The Morgan fingerprint density at radius 2 is 2.06 bits per heavy atom. The summed E-state index contributed by atoms with van der Waals surface area (Å²) < 4.78 is 5.30. The van der Waals surface area contributed by atoms with Crippen molar-refractivity contribution in [3.05, 3.63) is 35.4 Å². The molecule has 0 aliphatic carbocycles.